The lowest BCUT2D eigenvalue weighted by molar-refractivity contribution is 0.0600. The SMILES string of the molecule is COCc1nccnc1NS(=O)(=O)c1cccnc1-c1ccc(C(=O)OC)cc1. The summed E-state index contributed by atoms with van der Waals surface area (Å²) in [6, 6.07) is 9.25. The third kappa shape index (κ3) is 4.55. The number of benzene rings is 1. The van der Waals surface area contributed by atoms with Gasteiger partial charge >= 0.3 is 5.97 Å². The van der Waals surface area contributed by atoms with Gasteiger partial charge < -0.3 is 9.47 Å². The van der Waals surface area contributed by atoms with Crippen LogP contribution in [-0.2, 0) is 26.1 Å². The van der Waals surface area contributed by atoms with E-state index >= 15 is 0 Å². The molecule has 0 bridgehead atoms. The number of carbonyl (C=O) groups excluding carboxylic acids is 1. The number of anilines is 1. The van der Waals surface area contributed by atoms with E-state index in [2.05, 4.69) is 24.4 Å². The van der Waals surface area contributed by atoms with E-state index < -0.39 is 16.0 Å². The minimum Gasteiger partial charge on any atom is -0.465 e. The number of esters is 1. The second kappa shape index (κ2) is 8.76. The van der Waals surface area contributed by atoms with Gasteiger partial charge in [-0.15, -0.1) is 0 Å². The first-order chi connectivity index (χ1) is 14.0. The zero-order valence-corrected chi connectivity index (χ0v) is 16.5. The number of aromatic nitrogens is 3. The molecule has 0 fully saturated rings. The van der Waals surface area contributed by atoms with Crippen molar-refractivity contribution in [3.63, 3.8) is 0 Å². The molecule has 29 heavy (non-hydrogen) atoms. The Morgan fingerprint density at radius 1 is 1.00 bits per heavy atom. The number of hydrogen-bond donors (Lipinski definition) is 1. The van der Waals surface area contributed by atoms with Gasteiger partial charge in [0, 0.05) is 31.3 Å². The number of nitrogens with zero attached hydrogens (tertiary/aromatic N) is 3. The van der Waals surface area contributed by atoms with Gasteiger partial charge in [-0.05, 0) is 24.3 Å². The smallest absolute Gasteiger partial charge is 0.337 e. The molecule has 2 aromatic heterocycles. The van der Waals surface area contributed by atoms with Crippen molar-refractivity contribution < 1.29 is 22.7 Å². The molecule has 2 heterocycles. The molecule has 0 aliphatic carbocycles. The van der Waals surface area contributed by atoms with Gasteiger partial charge in [0.05, 0.1) is 25.0 Å². The van der Waals surface area contributed by atoms with Gasteiger partial charge in [-0.3, -0.25) is 14.7 Å². The van der Waals surface area contributed by atoms with Crippen LogP contribution in [0.5, 0.6) is 0 Å². The predicted octanol–water partition coefficient (Wildman–Crippen LogP) is 2.27. The summed E-state index contributed by atoms with van der Waals surface area (Å²) < 4.78 is 38.2. The molecule has 0 radical (unpaired) electrons. The number of pyridine rings is 1. The van der Waals surface area contributed by atoms with Crippen LogP contribution in [0.15, 0.2) is 59.9 Å². The summed E-state index contributed by atoms with van der Waals surface area (Å²) in [6.45, 7) is 0.0978. The van der Waals surface area contributed by atoms with E-state index in [1.807, 2.05) is 0 Å². The summed E-state index contributed by atoms with van der Waals surface area (Å²) in [7, 11) is -1.26. The molecule has 3 rings (SSSR count). The summed E-state index contributed by atoms with van der Waals surface area (Å²) >= 11 is 0. The van der Waals surface area contributed by atoms with Crippen LogP contribution in [0, 0.1) is 0 Å². The lowest BCUT2D eigenvalue weighted by Crippen LogP contribution is -2.17. The second-order valence-electron chi connectivity index (χ2n) is 5.81. The maximum Gasteiger partial charge on any atom is 0.337 e. The summed E-state index contributed by atoms with van der Waals surface area (Å²) in [6.07, 6.45) is 4.32. The van der Waals surface area contributed by atoms with Crippen LogP contribution in [0.3, 0.4) is 0 Å². The molecule has 1 aromatic carbocycles. The molecule has 150 valence electrons. The number of carbonyl (C=O) groups is 1. The molecular formula is C19H18N4O5S. The Balaban J connectivity index is 1.99. The highest BCUT2D eigenvalue weighted by molar-refractivity contribution is 7.92. The fourth-order valence-electron chi connectivity index (χ4n) is 2.58. The Morgan fingerprint density at radius 2 is 1.72 bits per heavy atom. The van der Waals surface area contributed by atoms with Gasteiger partial charge in [-0.1, -0.05) is 12.1 Å². The van der Waals surface area contributed by atoms with Crippen LogP contribution in [0.1, 0.15) is 16.1 Å². The number of hydrogen-bond acceptors (Lipinski definition) is 8. The average molecular weight is 414 g/mol. The molecule has 0 atom stereocenters. The molecule has 0 unspecified atom stereocenters. The van der Waals surface area contributed by atoms with E-state index in [4.69, 9.17) is 4.74 Å². The summed E-state index contributed by atoms with van der Waals surface area (Å²) in [5.74, 6) is -0.411. The third-order valence-electron chi connectivity index (χ3n) is 3.93. The molecule has 0 spiro atoms. The molecule has 10 heteroatoms. The zero-order valence-electron chi connectivity index (χ0n) is 15.7. The van der Waals surface area contributed by atoms with E-state index in [0.717, 1.165) is 0 Å². The van der Waals surface area contributed by atoms with Crippen molar-refractivity contribution in [1.82, 2.24) is 15.0 Å². The van der Waals surface area contributed by atoms with E-state index in [0.29, 0.717) is 16.8 Å². The van der Waals surface area contributed by atoms with Crippen LogP contribution >= 0.6 is 0 Å². The quantitative estimate of drug-likeness (QED) is 0.585. The maximum absolute atomic E-state index is 13.0. The Bertz CT molecular complexity index is 1120. The third-order valence-corrected chi connectivity index (χ3v) is 5.30. The minimum atomic E-state index is -4.03. The van der Waals surface area contributed by atoms with Crippen LogP contribution in [0.25, 0.3) is 11.3 Å². The molecule has 0 amide bonds. The molecule has 1 N–H and O–H groups in total. The minimum absolute atomic E-state index is 0.0418. The Morgan fingerprint density at radius 3 is 2.41 bits per heavy atom. The van der Waals surface area contributed by atoms with Gasteiger partial charge in [0.1, 0.15) is 10.6 Å². The fraction of sp³-hybridized carbons (Fsp3) is 0.158. The van der Waals surface area contributed by atoms with Crippen LogP contribution in [0.2, 0.25) is 0 Å². The first kappa shape index (κ1) is 20.4. The Hall–Kier alpha value is -3.37. The van der Waals surface area contributed by atoms with Crippen molar-refractivity contribution in [3.8, 4) is 11.3 Å². The van der Waals surface area contributed by atoms with Crippen molar-refractivity contribution >= 4 is 21.8 Å². The fourth-order valence-corrected chi connectivity index (χ4v) is 3.80. The van der Waals surface area contributed by atoms with Gasteiger partial charge in [0.2, 0.25) is 0 Å². The van der Waals surface area contributed by atoms with E-state index in [9.17, 15) is 13.2 Å². The highest BCUT2D eigenvalue weighted by Gasteiger charge is 2.22. The molecule has 3 aromatic rings. The number of methoxy groups -OCH3 is 2. The number of nitrogens with one attached hydrogen (secondary N) is 1. The number of ether oxygens (including phenoxy) is 2. The van der Waals surface area contributed by atoms with E-state index in [-0.39, 0.29) is 23.0 Å². The standard InChI is InChI=1S/C19H18N4O5S/c1-27-12-15-18(22-11-10-20-15)23-29(25,26)16-4-3-9-21-17(16)13-5-7-14(8-6-13)19(24)28-2/h3-11H,12H2,1-2H3,(H,22,23). The van der Waals surface area contributed by atoms with Crippen LogP contribution < -0.4 is 4.72 Å². The average Bonchev–Trinajstić information content (AvgIpc) is 2.75. The highest BCUT2D eigenvalue weighted by Crippen LogP contribution is 2.27. The normalized spacial score (nSPS) is 11.1. The molecule has 0 aliphatic heterocycles. The summed E-state index contributed by atoms with van der Waals surface area (Å²) in [5.41, 5.74) is 1.45. The first-order valence-electron chi connectivity index (χ1n) is 8.41. The largest absolute Gasteiger partial charge is 0.465 e. The molecule has 0 saturated carbocycles. The number of sulfonamides is 1. The van der Waals surface area contributed by atoms with Crippen LogP contribution in [0.4, 0.5) is 5.82 Å². The van der Waals surface area contributed by atoms with Crippen molar-refractivity contribution in [3.05, 3.63) is 66.2 Å². The zero-order chi connectivity index (χ0) is 20.9. The maximum atomic E-state index is 13.0. The molecule has 9 nitrogen and oxygen atoms in total. The summed E-state index contributed by atoms with van der Waals surface area (Å²) in [4.78, 5) is 23.9. The topological polar surface area (TPSA) is 120 Å². The lowest BCUT2D eigenvalue weighted by atomic mass is 10.1. The van der Waals surface area contributed by atoms with Crippen molar-refractivity contribution in [2.75, 3.05) is 18.9 Å². The molecular weight excluding hydrogens is 396 g/mol. The van der Waals surface area contributed by atoms with E-state index in [1.54, 1.807) is 24.3 Å². The second-order valence-corrected chi connectivity index (χ2v) is 7.46. The monoisotopic (exact) mass is 414 g/mol. The van der Waals surface area contributed by atoms with Gasteiger partial charge in [-0.25, -0.2) is 18.2 Å². The van der Waals surface area contributed by atoms with Gasteiger partial charge in [0.15, 0.2) is 5.82 Å². The summed E-state index contributed by atoms with van der Waals surface area (Å²) in [5, 5.41) is 0. The first-order valence-corrected chi connectivity index (χ1v) is 9.90. The van der Waals surface area contributed by atoms with Gasteiger partial charge in [-0.2, -0.15) is 0 Å². The highest BCUT2D eigenvalue weighted by atomic mass is 32.2. The Labute approximate surface area is 167 Å². The lowest BCUT2D eigenvalue weighted by Gasteiger charge is -2.13. The van der Waals surface area contributed by atoms with Crippen molar-refractivity contribution in [2.45, 2.75) is 11.5 Å². The van der Waals surface area contributed by atoms with Gasteiger partial charge in [0.25, 0.3) is 10.0 Å². The predicted molar refractivity (Wildman–Crippen MR) is 105 cm³/mol. The van der Waals surface area contributed by atoms with Crippen molar-refractivity contribution in [1.29, 1.82) is 0 Å². The van der Waals surface area contributed by atoms with Crippen LogP contribution in [-0.4, -0.2) is 43.6 Å². The molecule has 0 saturated heterocycles. The Kier molecular flexibility index (Phi) is 6.15. The van der Waals surface area contributed by atoms with E-state index in [1.165, 1.54) is 44.9 Å². The van der Waals surface area contributed by atoms with Crippen molar-refractivity contribution in [2.24, 2.45) is 0 Å². The number of rotatable bonds is 7. The molecule has 0 aliphatic rings.